The van der Waals surface area contributed by atoms with Gasteiger partial charge in [0.25, 0.3) is 5.91 Å². The largest absolute Gasteiger partial charge is 0.496 e. The van der Waals surface area contributed by atoms with Gasteiger partial charge in [0, 0.05) is 5.56 Å². The van der Waals surface area contributed by atoms with Crippen molar-refractivity contribution in [3.63, 3.8) is 0 Å². The number of amides is 1. The van der Waals surface area contributed by atoms with Gasteiger partial charge in [-0.15, -0.1) is 6.58 Å². The van der Waals surface area contributed by atoms with Crippen LogP contribution in [0.3, 0.4) is 0 Å². The quantitative estimate of drug-likeness (QED) is 0.741. The van der Waals surface area contributed by atoms with Crippen molar-refractivity contribution in [1.29, 1.82) is 0 Å². The normalized spacial score (nSPS) is 11.5. The lowest BCUT2D eigenvalue weighted by Gasteiger charge is -2.16. The predicted molar refractivity (Wildman–Crippen MR) is 100 cm³/mol. The molecule has 4 nitrogen and oxygen atoms in total. The van der Waals surface area contributed by atoms with E-state index in [0.717, 1.165) is 17.1 Å². The monoisotopic (exact) mass is 339 g/mol. The highest BCUT2D eigenvalue weighted by Gasteiger charge is 2.13. The van der Waals surface area contributed by atoms with Gasteiger partial charge in [0.05, 0.1) is 13.2 Å². The van der Waals surface area contributed by atoms with Crippen molar-refractivity contribution in [3.05, 3.63) is 71.8 Å². The Morgan fingerprint density at radius 3 is 2.60 bits per heavy atom. The third-order valence-corrected chi connectivity index (χ3v) is 3.81. The average Bonchev–Trinajstić information content (AvgIpc) is 2.61. The van der Waals surface area contributed by atoms with Gasteiger partial charge in [0.15, 0.2) is 0 Å². The maximum Gasteiger partial charge on any atom is 0.251 e. The smallest absolute Gasteiger partial charge is 0.251 e. The van der Waals surface area contributed by atoms with E-state index in [1.807, 2.05) is 44.2 Å². The fourth-order valence-corrected chi connectivity index (χ4v) is 2.44. The van der Waals surface area contributed by atoms with Crippen molar-refractivity contribution in [3.8, 4) is 11.5 Å². The lowest BCUT2D eigenvalue weighted by atomic mass is 10.1. The van der Waals surface area contributed by atoms with Crippen LogP contribution in [-0.2, 0) is 6.42 Å². The van der Waals surface area contributed by atoms with Crippen LogP contribution in [0, 0.1) is 6.92 Å². The zero-order valence-corrected chi connectivity index (χ0v) is 15.0. The molecule has 1 N–H and O–H groups in total. The van der Waals surface area contributed by atoms with E-state index in [0.29, 0.717) is 18.6 Å². The molecule has 0 aliphatic carbocycles. The van der Waals surface area contributed by atoms with E-state index in [2.05, 4.69) is 11.9 Å². The minimum Gasteiger partial charge on any atom is -0.496 e. The topological polar surface area (TPSA) is 47.6 Å². The zero-order valence-electron chi connectivity index (χ0n) is 15.0. The number of hydrogen-bond donors (Lipinski definition) is 1. The first-order chi connectivity index (χ1) is 12.0. The Labute approximate surface area is 149 Å². The Balaban J connectivity index is 1.95. The molecule has 0 aliphatic heterocycles. The fraction of sp³-hybridized carbons (Fsp3) is 0.286. The first-order valence-corrected chi connectivity index (χ1v) is 8.31. The van der Waals surface area contributed by atoms with Gasteiger partial charge >= 0.3 is 0 Å². The van der Waals surface area contributed by atoms with Crippen molar-refractivity contribution < 1.29 is 14.3 Å². The molecule has 0 saturated heterocycles. The molecule has 2 aromatic rings. The number of nitrogens with one attached hydrogen (secondary N) is 1. The molecule has 0 fully saturated rings. The molecule has 25 heavy (non-hydrogen) atoms. The summed E-state index contributed by atoms with van der Waals surface area (Å²) < 4.78 is 11.0. The molecular formula is C21H25NO3. The molecule has 0 radical (unpaired) electrons. The molecule has 0 saturated carbocycles. The van der Waals surface area contributed by atoms with Gasteiger partial charge in [-0.05, 0) is 56.2 Å². The first kappa shape index (κ1) is 18.6. The minimum atomic E-state index is -0.132. The van der Waals surface area contributed by atoms with Crippen molar-refractivity contribution in [2.45, 2.75) is 26.3 Å². The van der Waals surface area contributed by atoms with E-state index in [9.17, 15) is 4.79 Å². The number of carbonyl (C=O) groups excluding carboxylic acids is 1. The SMILES string of the molecule is C=CCc1cc(C(=O)N[C@@H](C)COc2ccc(C)cc2)ccc1OC. The van der Waals surface area contributed by atoms with Crippen LogP contribution < -0.4 is 14.8 Å². The van der Waals surface area contributed by atoms with E-state index >= 15 is 0 Å². The summed E-state index contributed by atoms with van der Waals surface area (Å²) in [6, 6.07) is 13.1. The standard InChI is InChI=1S/C21H25NO3/c1-5-6-17-13-18(9-12-20(17)24-4)21(23)22-16(3)14-25-19-10-7-15(2)8-11-19/h5,7-13,16H,1,6,14H2,2-4H3,(H,22,23)/t16-/m0/s1. The molecule has 0 unspecified atom stereocenters. The van der Waals surface area contributed by atoms with E-state index in [-0.39, 0.29) is 11.9 Å². The average molecular weight is 339 g/mol. The molecular weight excluding hydrogens is 314 g/mol. The summed E-state index contributed by atoms with van der Waals surface area (Å²) in [5, 5.41) is 2.95. The molecule has 4 heteroatoms. The first-order valence-electron chi connectivity index (χ1n) is 8.31. The fourth-order valence-electron chi connectivity index (χ4n) is 2.44. The lowest BCUT2D eigenvalue weighted by Crippen LogP contribution is -2.36. The number of carbonyl (C=O) groups is 1. The second kappa shape index (κ2) is 8.92. The summed E-state index contributed by atoms with van der Waals surface area (Å²) in [6.07, 6.45) is 2.44. The van der Waals surface area contributed by atoms with E-state index < -0.39 is 0 Å². The number of hydrogen-bond acceptors (Lipinski definition) is 3. The molecule has 132 valence electrons. The van der Waals surface area contributed by atoms with Crippen LogP contribution in [0.4, 0.5) is 0 Å². The second-order valence-corrected chi connectivity index (χ2v) is 6.02. The van der Waals surface area contributed by atoms with Gasteiger partial charge in [-0.2, -0.15) is 0 Å². The Hall–Kier alpha value is -2.75. The lowest BCUT2D eigenvalue weighted by molar-refractivity contribution is 0.0926. The van der Waals surface area contributed by atoms with Crippen molar-refractivity contribution in [2.75, 3.05) is 13.7 Å². The van der Waals surface area contributed by atoms with Crippen molar-refractivity contribution in [2.24, 2.45) is 0 Å². The highest BCUT2D eigenvalue weighted by Crippen LogP contribution is 2.21. The maximum absolute atomic E-state index is 12.4. The molecule has 0 bridgehead atoms. The summed E-state index contributed by atoms with van der Waals surface area (Å²) in [7, 11) is 1.62. The molecule has 2 aromatic carbocycles. The number of aryl methyl sites for hydroxylation is 1. The Bertz CT molecular complexity index is 722. The maximum atomic E-state index is 12.4. The van der Waals surface area contributed by atoms with E-state index in [1.165, 1.54) is 5.56 Å². The van der Waals surface area contributed by atoms with Crippen molar-refractivity contribution in [1.82, 2.24) is 5.32 Å². The van der Waals surface area contributed by atoms with Crippen LogP contribution in [0.25, 0.3) is 0 Å². The summed E-state index contributed by atoms with van der Waals surface area (Å²) in [5.41, 5.74) is 2.72. The Morgan fingerprint density at radius 2 is 1.96 bits per heavy atom. The number of rotatable bonds is 8. The van der Waals surface area contributed by atoms with Crippen LogP contribution in [0.5, 0.6) is 11.5 Å². The summed E-state index contributed by atoms with van der Waals surface area (Å²) in [6.45, 7) is 8.09. The minimum absolute atomic E-state index is 0.112. The van der Waals surface area contributed by atoms with Crippen LogP contribution in [0.15, 0.2) is 55.1 Å². The number of methoxy groups -OCH3 is 1. The molecule has 1 amide bonds. The molecule has 0 spiro atoms. The number of ether oxygens (including phenoxy) is 2. The molecule has 1 atom stereocenters. The highest BCUT2D eigenvalue weighted by atomic mass is 16.5. The van der Waals surface area contributed by atoms with Crippen molar-refractivity contribution >= 4 is 5.91 Å². The third kappa shape index (κ3) is 5.38. The van der Waals surface area contributed by atoms with E-state index in [4.69, 9.17) is 9.47 Å². The van der Waals surface area contributed by atoms with Crippen LogP contribution in [0.2, 0.25) is 0 Å². The van der Waals surface area contributed by atoms with Crippen LogP contribution in [0.1, 0.15) is 28.4 Å². The molecule has 0 heterocycles. The summed E-state index contributed by atoms with van der Waals surface area (Å²) in [4.78, 5) is 12.4. The summed E-state index contributed by atoms with van der Waals surface area (Å²) >= 11 is 0. The van der Waals surface area contributed by atoms with Gasteiger partial charge in [-0.1, -0.05) is 23.8 Å². The summed E-state index contributed by atoms with van der Waals surface area (Å²) in [5.74, 6) is 1.42. The van der Waals surface area contributed by atoms with Gasteiger partial charge in [-0.25, -0.2) is 0 Å². The Kier molecular flexibility index (Phi) is 6.63. The predicted octanol–water partition coefficient (Wildman–Crippen LogP) is 3.93. The molecule has 0 aromatic heterocycles. The molecule has 2 rings (SSSR count). The van der Waals surface area contributed by atoms with Crippen LogP contribution in [-0.4, -0.2) is 25.7 Å². The zero-order chi connectivity index (χ0) is 18.2. The van der Waals surface area contributed by atoms with Gasteiger partial charge in [-0.3, -0.25) is 4.79 Å². The molecule has 0 aliphatic rings. The van der Waals surface area contributed by atoms with Gasteiger partial charge in [0.2, 0.25) is 0 Å². The Morgan fingerprint density at radius 1 is 1.24 bits per heavy atom. The number of allylic oxidation sites excluding steroid dienone is 1. The van der Waals surface area contributed by atoms with E-state index in [1.54, 1.807) is 25.3 Å². The second-order valence-electron chi connectivity index (χ2n) is 6.02. The van der Waals surface area contributed by atoms with Gasteiger partial charge < -0.3 is 14.8 Å². The van der Waals surface area contributed by atoms with Crippen LogP contribution >= 0.6 is 0 Å². The third-order valence-electron chi connectivity index (χ3n) is 3.81. The highest BCUT2D eigenvalue weighted by molar-refractivity contribution is 5.94. The number of benzene rings is 2. The van der Waals surface area contributed by atoms with Gasteiger partial charge in [0.1, 0.15) is 18.1 Å².